The number of carbonyl (C=O) groups excluding carboxylic acids is 1. The summed E-state index contributed by atoms with van der Waals surface area (Å²) in [4.78, 5) is 11.5. The van der Waals surface area contributed by atoms with Gasteiger partial charge in [0.25, 0.3) is 0 Å². The van der Waals surface area contributed by atoms with E-state index in [1.807, 2.05) is 18.2 Å². The summed E-state index contributed by atoms with van der Waals surface area (Å²) in [5.41, 5.74) is 4.04. The van der Waals surface area contributed by atoms with Gasteiger partial charge < -0.3 is 9.47 Å². The van der Waals surface area contributed by atoms with E-state index in [4.69, 9.17) is 9.47 Å². The molecule has 0 spiro atoms. The van der Waals surface area contributed by atoms with Gasteiger partial charge in [-0.15, -0.1) is 0 Å². The van der Waals surface area contributed by atoms with Crippen LogP contribution in [-0.2, 0) is 6.61 Å². The molecule has 3 aromatic carbocycles. The Bertz CT molecular complexity index is 852. The van der Waals surface area contributed by atoms with Crippen molar-refractivity contribution < 1.29 is 14.3 Å². The summed E-state index contributed by atoms with van der Waals surface area (Å²) in [6.07, 6.45) is 0. The molecule has 0 atom stereocenters. The van der Waals surface area contributed by atoms with Gasteiger partial charge in [0, 0.05) is 5.56 Å². The van der Waals surface area contributed by atoms with Crippen LogP contribution in [0.1, 0.15) is 22.8 Å². The van der Waals surface area contributed by atoms with Crippen molar-refractivity contribution in [1.29, 1.82) is 0 Å². The number of Topliss-reactive ketones (excluding diaryl/α,β-unsaturated/α-hetero) is 1. The number of benzene rings is 3. The van der Waals surface area contributed by atoms with E-state index in [2.05, 4.69) is 36.4 Å². The SMILES string of the molecule is COc1cc(C(C)=O)ccc1OCc1ccc(-c2ccccc2)cc1. The molecule has 0 unspecified atom stereocenters. The molecule has 3 aromatic rings. The third kappa shape index (κ3) is 4.07. The van der Waals surface area contributed by atoms with Crippen LogP contribution in [0, 0.1) is 0 Å². The highest BCUT2D eigenvalue weighted by molar-refractivity contribution is 5.94. The molecule has 0 amide bonds. The fourth-order valence-electron chi connectivity index (χ4n) is 2.59. The van der Waals surface area contributed by atoms with Crippen molar-refractivity contribution in [2.45, 2.75) is 13.5 Å². The summed E-state index contributed by atoms with van der Waals surface area (Å²) >= 11 is 0. The molecule has 0 aliphatic rings. The standard InChI is InChI=1S/C22H20O3/c1-16(23)20-12-13-21(22(14-20)24-2)25-15-17-8-10-19(11-9-17)18-6-4-3-5-7-18/h3-14H,15H2,1-2H3. The van der Waals surface area contributed by atoms with Gasteiger partial charge in [0.15, 0.2) is 17.3 Å². The summed E-state index contributed by atoms with van der Waals surface area (Å²) in [5, 5.41) is 0. The zero-order valence-electron chi connectivity index (χ0n) is 14.4. The van der Waals surface area contributed by atoms with Crippen LogP contribution in [0.4, 0.5) is 0 Å². The smallest absolute Gasteiger partial charge is 0.161 e. The fraction of sp³-hybridized carbons (Fsp3) is 0.136. The largest absolute Gasteiger partial charge is 0.493 e. The molecule has 3 rings (SSSR count). The quantitative estimate of drug-likeness (QED) is 0.586. The Labute approximate surface area is 147 Å². The Morgan fingerprint density at radius 2 is 1.52 bits per heavy atom. The molecular weight excluding hydrogens is 312 g/mol. The van der Waals surface area contributed by atoms with E-state index in [-0.39, 0.29) is 5.78 Å². The third-order valence-electron chi connectivity index (χ3n) is 4.03. The molecule has 3 heteroatoms. The molecule has 0 saturated heterocycles. The molecule has 3 nitrogen and oxygen atoms in total. The van der Waals surface area contributed by atoms with E-state index in [1.165, 1.54) is 18.1 Å². The summed E-state index contributed by atoms with van der Waals surface area (Å²) in [5.74, 6) is 1.19. The minimum atomic E-state index is 0.00125. The first-order valence-corrected chi connectivity index (χ1v) is 8.13. The van der Waals surface area contributed by atoms with Crippen LogP contribution in [0.25, 0.3) is 11.1 Å². The van der Waals surface area contributed by atoms with E-state index in [1.54, 1.807) is 25.3 Å². The van der Waals surface area contributed by atoms with E-state index in [0.29, 0.717) is 23.7 Å². The molecule has 0 radical (unpaired) electrons. The van der Waals surface area contributed by atoms with Crippen molar-refractivity contribution in [2.75, 3.05) is 7.11 Å². The Morgan fingerprint density at radius 1 is 0.840 bits per heavy atom. The maximum Gasteiger partial charge on any atom is 0.161 e. The van der Waals surface area contributed by atoms with Gasteiger partial charge in [-0.25, -0.2) is 0 Å². The van der Waals surface area contributed by atoms with Crippen LogP contribution in [0.3, 0.4) is 0 Å². The number of hydrogen-bond acceptors (Lipinski definition) is 3. The lowest BCUT2D eigenvalue weighted by Gasteiger charge is -2.12. The minimum absolute atomic E-state index is 0.00125. The molecule has 0 aromatic heterocycles. The fourth-order valence-corrected chi connectivity index (χ4v) is 2.59. The van der Waals surface area contributed by atoms with Crippen LogP contribution < -0.4 is 9.47 Å². The van der Waals surface area contributed by atoms with Gasteiger partial charge in [-0.2, -0.15) is 0 Å². The second-order valence-electron chi connectivity index (χ2n) is 5.77. The number of methoxy groups -OCH3 is 1. The number of rotatable bonds is 6. The number of carbonyl (C=O) groups is 1. The van der Waals surface area contributed by atoms with Crippen molar-refractivity contribution in [1.82, 2.24) is 0 Å². The first kappa shape index (κ1) is 16.8. The highest BCUT2D eigenvalue weighted by Crippen LogP contribution is 2.29. The van der Waals surface area contributed by atoms with Crippen molar-refractivity contribution in [3.63, 3.8) is 0 Å². The normalized spacial score (nSPS) is 10.3. The molecule has 0 N–H and O–H groups in total. The van der Waals surface area contributed by atoms with Crippen molar-refractivity contribution >= 4 is 5.78 Å². The van der Waals surface area contributed by atoms with Crippen molar-refractivity contribution in [3.05, 3.63) is 83.9 Å². The molecule has 0 saturated carbocycles. The van der Waals surface area contributed by atoms with Crippen LogP contribution in [0.5, 0.6) is 11.5 Å². The second-order valence-corrected chi connectivity index (χ2v) is 5.77. The summed E-state index contributed by atoms with van der Waals surface area (Å²) in [7, 11) is 1.57. The first-order chi connectivity index (χ1) is 12.2. The summed E-state index contributed by atoms with van der Waals surface area (Å²) < 4.78 is 11.2. The van der Waals surface area contributed by atoms with Gasteiger partial charge in [0.2, 0.25) is 0 Å². The molecule has 0 fully saturated rings. The molecule has 25 heavy (non-hydrogen) atoms. The monoisotopic (exact) mass is 332 g/mol. The highest BCUT2D eigenvalue weighted by Gasteiger charge is 2.08. The van der Waals surface area contributed by atoms with Gasteiger partial charge in [0.05, 0.1) is 7.11 Å². The molecule has 0 heterocycles. The number of hydrogen-bond donors (Lipinski definition) is 0. The van der Waals surface area contributed by atoms with E-state index in [9.17, 15) is 4.79 Å². The lowest BCUT2D eigenvalue weighted by Crippen LogP contribution is -2.00. The third-order valence-corrected chi connectivity index (χ3v) is 4.03. The maximum atomic E-state index is 11.5. The van der Waals surface area contributed by atoms with E-state index in [0.717, 1.165) is 5.56 Å². The Hall–Kier alpha value is -3.07. The van der Waals surface area contributed by atoms with Gasteiger partial charge in [-0.05, 0) is 41.8 Å². The average molecular weight is 332 g/mol. The zero-order chi connectivity index (χ0) is 17.6. The first-order valence-electron chi connectivity index (χ1n) is 8.13. The molecule has 0 aliphatic heterocycles. The Morgan fingerprint density at radius 3 is 2.16 bits per heavy atom. The maximum absolute atomic E-state index is 11.5. The Balaban J connectivity index is 1.70. The summed E-state index contributed by atoms with van der Waals surface area (Å²) in [6.45, 7) is 1.97. The molecule has 126 valence electrons. The van der Waals surface area contributed by atoms with Gasteiger partial charge in [0.1, 0.15) is 6.61 Å². The predicted octanol–water partition coefficient (Wildman–Crippen LogP) is 5.14. The van der Waals surface area contributed by atoms with Crippen LogP contribution in [0.15, 0.2) is 72.8 Å². The van der Waals surface area contributed by atoms with E-state index < -0.39 is 0 Å². The van der Waals surface area contributed by atoms with E-state index >= 15 is 0 Å². The molecule has 0 aliphatic carbocycles. The highest BCUT2D eigenvalue weighted by atomic mass is 16.5. The molecule has 0 bridgehead atoms. The number of ketones is 1. The summed E-state index contributed by atoms with van der Waals surface area (Å²) in [6, 6.07) is 23.8. The lowest BCUT2D eigenvalue weighted by atomic mass is 10.0. The van der Waals surface area contributed by atoms with Crippen LogP contribution >= 0.6 is 0 Å². The minimum Gasteiger partial charge on any atom is -0.493 e. The second kappa shape index (κ2) is 7.67. The van der Waals surface area contributed by atoms with Crippen molar-refractivity contribution in [3.8, 4) is 22.6 Å². The van der Waals surface area contributed by atoms with Gasteiger partial charge >= 0.3 is 0 Å². The number of ether oxygens (including phenoxy) is 2. The predicted molar refractivity (Wildman–Crippen MR) is 99.2 cm³/mol. The van der Waals surface area contributed by atoms with Gasteiger partial charge in [-0.1, -0.05) is 54.6 Å². The molecular formula is C22H20O3. The van der Waals surface area contributed by atoms with Crippen LogP contribution in [0.2, 0.25) is 0 Å². The topological polar surface area (TPSA) is 35.5 Å². The lowest BCUT2D eigenvalue weighted by molar-refractivity contribution is 0.101. The van der Waals surface area contributed by atoms with Crippen LogP contribution in [-0.4, -0.2) is 12.9 Å². The van der Waals surface area contributed by atoms with Crippen molar-refractivity contribution in [2.24, 2.45) is 0 Å². The zero-order valence-corrected chi connectivity index (χ0v) is 14.4. The average Bonchev–Trinajstić information content (AvgIpc) is 2.67. The Kier molecular flexibility index (Phi) is 5.14. The van der Waals surface area contributed by atoms with Gasteiger partial charge in [-0.3, -0.25) is 4.79 Å².